The minimum Gasteiger partial charge on any atom is -0.399 e. The second-order valence-electron chi connectivity index (χ2n) is 5.49. The molecule has 1 amide bonds. The number of carbonyl (C=O) groups excluding carboxylic acids is 1. The van der Waals surface area contributed by atoms with E-state index in [9.17, 15) is 4.79 Å². The van der Waals surface area contributed by atoms with Crippen LogP contribution in [0, 0.1) is 0 Å². The van der Waals surface area contributed by atoms with Gasteiger partial charge >= 0.3 is 0 Å². The van der Waals surface area contributed by atoms with Crippen molar-refractivity contribution in [2.24, 2.45) is 5.73 Å². The van der Waals surface area contributed by atoms with Gasteiger partial charge in [-0.1, -0.05) is 20.8 Å². The number of hydrogen-bond donors (Lipinski definition) is 2. The zero-order valence-electron chi connectivity index (χ0n) is 10.9. The first-order valence-corrected chi connectivity index (χ1v) is 5.83. The monoisotopic (exact) mass is 246 g/mol. The smallest absolute Gasteiger partial charge is 0.237 e. The Morgan fingerprint density at radius 3 is 2.61 bits per heavy atom. The second-order valence-corrected chi connectivity index (χ2v) is 5.49. The third-order valence-electron chi connectivity index (χ3n) is 2.76. The molecule has 4 N–H and O–H groups in total. The highest BCUT2D eigenvalue weighted by atomic mass is 16.1. The van der Waals surface area contributed by atoms with Crippen LogP contribution in [-0.4, -0.2) is 15.5 Å². The van der Waals surface area contributed by atoms with E-state index in [-0.39, 0.29) is 17.9 Å². The number of imidazole rings is 1. The highest BCUT2D eigenvalue weighted by molar-refractivity contribution is 5.82. The molecule has 0 aliphatic heterocycles. The number of anilines is 1. The van der Waals surface area contributed by atoms with Crippen LogP contribution >= 0.6 is 0 Å². The van der Waals surface area contributed by atoms with Crippen molar-refractivity contribution in [3.63, 3.8) is 0 Å². The summed E-state index contributed by atoms with van der Waals surface area (Å²) in [6, 6.07) is 5.48. The Bertz CT molecular complexity index is 607. The summed E-state index contributed by atoms with van der Waals surface area (Å²) in [5.74, 6) is 0.457. The van der Waals surface area contributed by atoms with Crippen molar-refractivity contribution in [2.75, 3.05) is 5.73 Å². The molecule has 96 valence electrons. The van der Waals surface area contributed by atoms with Crippen molar-refractivity contribution in [2.45, 2.75) is 32.7 Å². The standard InChI is InChI=1S/C13H18N4O/c1-13(2,3)12-16-9-6-8(14)4-5-10(9)17(12)7-11(15)18/h4-6H,7,14H2,1-3H3,(H2,15,18). The van der Waals surface area contributed by atoms with Gasteiger partial charge in [-0.2, -0.15) is 0 Å². The Morgan fingerprint density at radius 2 is 2.06 bits per heavy atom. The van der Waals surface area contributed by atoms with E-state index in [1.54, 1.807) is 6.07 Å². The Labute approximate surface area is 106 Å². The van der Waals surface area contributed by atoms with E-state index >= 15 is 0 Å². The highest BCUT2D eigenvalue weighted by Gasteiger charge is 2.23. The summed E-state index contributed by atoms with van der Waals surface area (Å²) in [6.45, 7) is 6.28. The number of hydrogen-bond acceptors (Lipinski definition) is 3. The summed E-state index contributed by atoms with van der Waals surface area (Å²) in [6.07, 6.45) is 0. The number of primary amides is 1. The van der Waals surface area contributed by atoms with E-state index in [1.807, 2.05) is 16.7 Å². The summed E-state index contributed by atoms with van der Waals surface area (Å²) in [7, 11) is 0. The molecule has 0 saturated carbocycles. The molecule has 0 radical (unpaired) electrons. The lowest BCUT2D eigenvalue weighted by molar-refractivity contribution is -0.118. The summed E-state index contributed by atoms with van der Waals surface area (Å²) >= 11 is 0. The molecule has 1 heterocycles. The molecule has 0 bridgehead atoms. The molecular weight excluding hydrogens is 228 g/mol. The van der Waals surface area contributed by atoms with Gasteiger partial charge in [0, 0.05) is 11.1 Å². The molecule has 0 unspecified atom stereocenters. The number of fused-ring (bicyclic) bond motifs is 1. The highest BCUT2D eigenvalue weighted by Crippen LogP contribution is 2.27. The Hall–Kier alpha value is -2.04. The summed E-state index contributed by atoms with van der Waals surface area (Å²) < 4.78 is 1.86. The molecule has 18 heavy (non-hydrogen) atoms. The average molecular weight is 246 g/mol. The van der Waals surface area contributed by atoms with E-state index in [1.165, 1.54) is 0 Å². The Morgan fingerprint density at radius 1 is 1.39 bits per heavy atom. The van der Waals surface area contributed by atoms with Gasteiger partial charge < -0.3 is 16.0 Å². The van der Waals surface area contributed by atoms with Gasteiger partial charge in [-0.3, -0.25) is 4.79 Å². The van der Waals surface area contributed by atoms with Crippen molar-refractivity contribution < 1.29 is 4.79 Å². The number of rotatable bonds is 2. The third kappa shape index (κ3) is 2.16. The Balaban J connectivity index is 2.72. The van der Waals surface area contributed by atoms with Crippen LogP contribution in [-0.2, 0) is 16.8 Å². The minimum atomic E-state index is -0.378. The van der Waals surface area contributed by atoms with Crippen LogP contribution < -0.4 is 11.5 Å². The fourth-order valence-electron chi connectivity index (χ4n) is 2.04. The zero-order chi connectivity index (χ0) is 13.5. The van der Waals surface area contributed by atoms with Crippen LogP contribution in [0.25, 0.3) is 11.0 Å². The zero-order valence-corrected chi connectivity index (χ0v) is 10.9. The van der Waals surface area contributed by atoms with E-state index in [0.717, 1.165) is 16.9 Å². The average Bonchev–Trinajstić information content (AvgIpc) is 2.55. The molecule has 1 aromatic carbocycles. The Kier molecular flexibility index (Phi) is 2.77. The maximum absolute atomic E-state index is 11.2. The van der Waals surface area contributed by atoms with Crippen LogP contribution in [0.15, 0.2) is 18.2 Å². The number of nitrogen functional groups attached to an aromatic ring is 1. The van der Waals surface area contributed by atoms with Gasteiger partial charge in [0.25, 0.3) is 0 Å². The number of aromatic nitrogens is 2. The molecule has 2 rings (SSSR count). The van der Waals surface area contributed by atoms with Crippen LogP contribution in [0.4, 0.5) is 5.69 Å². The minimum absolute atomic E-state index is 0.132. The first-order chi connectivity index (χ1) is 8.29. The lowest BCUT2D eigenvalue weighted by atomic mass is 9.95. The molecule has 0 aliphatic carbocycles. The second kappa shape index (κ2) is 4.01. The maximum atomic E-state index is 11.2. The van der Waals surface area contributed by atoms with Gasteiger partial charge in [0.15, 0.2) is 0 Å². The fourth-order valence-corrected chi connectivity index (χ4v) is 2.04. The topological polar surface area (TPSA) is 86.9 Å². The van der Waals surface area contributed by atoms with Gasteiger partial charge in [-0.25, -0.2) is 4.98 Å². The van der Waals surface area contributed by atoms with Gasteiger partial charge in [0.1, 0.15) is 12.4 Å². The number of nitrogens with two attached hydrogens (primary N) is 2. The van der Waals surface area contributed by atoms with Crippen molar-refractivity contribution in [3.05, 3.63) is 24.0 Å². The molecule has 0 saturated heterocycles. The van der Waals surface area contributed by atoms with E-state index in [0.29, 0.717) is 5.69 Å². The van der Waals surface area contributed by atoms with Crippen LogP contribution in [0.3, 0.4) is 0 Å². The maximum Gasteiger partial charge on any atom is 0.237 e. The molecule has 0 fully saturated rings. The fraction of sp³-hybridized carbons (Fsp3) is 0.385. The first kappa shape index (κ1) is 12.4. The number of carbonyl (C=O) groups is 1. The largest absolute Gasteiger partial charge is 0.399 e. The molecule has 0 spiro atoms. The molecule has 0 atom stereocenters. The molecule has 1 aromatic heterocycles. The summed E-state index contributed by atoms with van der Waals surface area (Å²) in [5, 5.41) is 0. The number of amides is 1. The van der Waals surface area contributed by atoms with Gasteiger partial charge in [-0.05, 0) is 18.2 Å². The first-order valence-electron chi connectivity index (χ1n) is 5.83. The molecule has 5 nitrogen and oxygen atoms in total. The van der Waals surface area contributed by atoms with Crippen molar-refractivity contribution >= 4 is 22.6 Å². The van der Waals surface area contributed by atoms with Gasteiger partial charge in [0.05, 0.1) is 11.0 Å². The van der Waals surface area contributed by atoms with Gasteiger partial charge in [0.2, 0.25) is 5.91 Å². The third-order valence-corrected chi connectivity index (χ3v) is 2.76. The molecular formula is C13H18N4O. The van der Waals surface area contributed by atoms with Crippen molar-refractivity contribution in [3.8, 4) is 0 Å². The van der Waals surface area contributed by atoms with E-state index in [4.69, 9.17) is 11.5 Å². The predicted molar refractivity (Wildman–Crippen MR) is 72.0 cm³/mol. The van der Waals surface area contributed by atoms with Crippen molar-refractivity contribution in [1.82, 2.24) is 9.55 Å². The molecule has 5 heteroatoms. The van der Waals surface area contributed by atoms with Crippen LogP contribution in [0.2, 0.25) is 0 Å². The number of benzene rings is 1. The normalized spacial score (nSPS) is 11.9. The lowest BCUT2D eigenvalue weighted by Gasteiger charge is -2.19. The van der Waals surface area contributed by atoms with Gasteiger partial charge in [-0.15, -0.1) is 0 Å². The predicted octanol–water partition coefficient (Wildman–Crippen LogP) is 1.40. The van der Waals surface area contributed by atoms with Crippen molar-refractivity contribution in [1.29, 1.82) is 0 Å². The summed E-state index contributed by atoms with van der Waals surface area (Å²) in [4.78, 5) is 15.8. The number of nitrogens with zero attached hydrogens (tertiary/aromatic N) is 2. The summed E-state index contributed by atoms with van der Waals surface area (Å²) in [5.41, 5.74) is 13.2. The lowest BCUT2D eigenvalue weighted by Crippen LogP contribution is -2.25. The van der Waals surface area contributed by atoms with Crippen LogP contribution in [0.5, 0.6) is 0 Å². The quantitative estimate of drug-likeness (QED) is 0.785. The molecule has 2 aromatic rings. The molecule has 0 aliphatic rings. The van der Waals surface area contributed by atoms with Crippen LogP contribution in [0.1, 0.15) is 26.6 Å². The van der Waals surface area contributed by atoms with E-state index in [2.05, 4.69) is 25.8 Å². The van der Waals surface area contributed by atoms with E-state index < -0.39 is 0 Å². The SMILES string of the molecule is CC(C)(C)c1nc2cc(N)ccc2n1CC(N)=O.